The summed E-state index contributed by atoms with van der Waals surface area (Å²) in [5, 5.41) is 0.447. The molecule has 1 amide bonds. The summed E-state index contributed by atoms with van der Waals surface area (Å²) in [5.74, 6) is 0.0331. The van der Waals surface area contributed by atoms with Crippen molar-refractivity contribution in [3.63, 3.8) is 0 Å². The van der Waals surface area contributed by atoms with E-state index in [9.17, 15) is 9.59 Å². The molecule has 0 unspecified atom stereocenters. The van der Waals surface area contributed by atoms with Gasteiger partial charge in [0.2, 0.25) is 0 Å². The number of rotatable bonds is 3. The Morgan fingerprint density at radius 3 is 2.33 bits per heavy atom. The summed E-state index contributed by atoms with van der Waals surface area (Å²) in [4.78, 5) is 30.5. The Hall–Kier alpha value is -3.73. The standard InChI is InChI=1S/C22H17N3O2/c1-15-9-5-6-12-17(15)21(26)24-25-20(16-10-3-2-4-11-16)23-19-14-8-7-13-18(19)22(25)27/h2-14H,1H3,(H,24,26). The average molecular weight is 355 g/mol. The fourth-order valence-electron chi connectivity index (χ4n) is 3.01. The molecular formula is C22H17N3O2. The van der Waals surface area contributed by atoms with Crippen LogP contribution in [-0.4, -0.2) is 15.6 Å². The zero-order valence-corrected chi connectivity index (χ0v) is 14.7. The topological polar surface area (TPSA) is 64.0 Å². The number of hydrogen-bond acceptors (Lipinski definition) is 3. The molecule has 1 aromatic heterocycles. The molecule has 5 nitrogen and oxygen atoms in total. The zero-order valence-electron chi connectivity index (χ0n) is 14.7. The minimum atomic E-state index is -0.357. The van der Waals surface area contributed by atoms with Gasteiger partial charge in [-0.3, -0.25) is 15.0 Å². The highest BCUT2D eigenvalue weighted by Crippen LogP contribution is 2.18. The molecule has 0 saturated heterocycles. The number of carbonyl (C=O) groups excluding carboxylic acids is 1. The Bertz CT molecular complexity index is 1200. The number of amides is 1. The minimum absolute atomic E-state index is 0.318. The molecule has 0 radical (unpaired) electrons. The van der Waals surface area contributed by atoms with Crippen LogP contribution in [0.25, 0.3) is 22.3 Å². The fourth-order valence-corrected chi connectivity index (χ4v) is 3.01. The van der Waals surface area contributed by atoms with Crippen LogP contribution in [0, 0.1) is 6.92 Å². The van der Waals surface area contributed by atoms with Gasteiger partial charge in [-0.05, 0) is 30.7 Å². The second kappa shape index (κ2) is 6.88. The van der Waals surface area contributed by atoms with Crippen molar-refractivity contribution in [1.29, 1.82) is 0 Å². The van der Waals surface area contributed by atoms with Gasteiger partial charge in [-0.2, -0.15) is 4.68 Å². The molecule has 1 heterocycles. The van der Waals surface area contributed by atoms with Crippen molar-refractivity contribution in [3.05, 3.63) is 100 Å². The molecule has 27 heavy (non-hydrogen) atoms. The first-order chi connectivity index (χ1) is 13.1. The summed E-state index contributed by atoms with van der Waals surface area (Å²) >= 11 is 0. The second-order valence-corrected chi connectivity index (χ2v) is 6.21. The largest absolute Gasteiger partial charge is 0.280 e. The summed E-state index contributed by atoms with van der Waals surface area (Å²) in [5.41, 5.74) is 5.08. The van der Waals surface area contributed by atoms with Gasteiger partial charge in [-0.25, -0.2) is 4.98 Å². The quantitative estimate of drug-likeness (QED) is 0.609. The van der Waals surface area contributed by atoms with E-state index in [4.69, 9.17) is 0 Å². The van der Waals surface area contributed by atoms with Gasteiger partial charge >= 0.3 is 0 Å². The number of nitrogens with one attached hydrogen (secondary N) is 1. The third kappa shape index (κ3) is 3.11. The lowest BCUT2D eigenvalue weighted by Crippen LogP contribution is -2.35. The molecule has 132 valence electrons. The van der Waals surface area contributed by atoms with E-state index < -0.39 is 0 Å². The Morgan fingerprint density at radius 2 is 1.56 bits per heavy atom. The monoisotopic (exact) mass is 355 g/mol. The molecule has 3 aromatic carbocycles. The van der Waals surface area contributed by atoms with Crippen LogP contribution in [-0.2, 0) is 0 Å². The number of para-hydroxylation sites is 1. The molecule has 0 aliphatic carbocycles. The van der Waals surface area contributed by atoms with Crippen LogP contribution in [0.4, 0.5) is 0 Å². The van der Waals surface area contributed by atoms with Crippen molar-refractivity contribution in [1.82, 2.24) is 9.66 Å². The first-order valence-electron chi connectivity index (χ1n) is 8.59. The lowest BCUT2D eigenvalue weighted by Gasteiger charge is -2.15. The summed E-state index contributed by atoms with van der Waals surface area (Å²) in [6.07, 6.45) is 0. The molecule has 1 N–H and O–H groups in total. The Balaban J connectivity index is 1.90. The van der Waals surface area contributed by atoms with Crippen LogP contribution in [0.1, 0.15) is 15.9 Å². The van der Waals surface area contributed by atoms with Crippen LogP contribution in [0.2, 0.25) is 0 Å². The van der Waals surface area contributed by atoms with Gasteiger partial charge in [0.05, 0.1) is 10.9 Å². The lowest BCUT2D eigenvalue weighted by atomic mass is 10.1. The predicted octanol–water partition coefficient (Wildman–Crippen LogP) is 3.76. The van der Waals surface area contributed by atoms with E-state index in [-0.39, 0.29) is 11.5 Å². The maximum Gasteiger partial charge on any atom is 0.280 e. The molecular weight excluding hydrogens is 338 g/mol. The third-order valence-electron chi connectivity index (χ3n) is 4.41. The van der Waals surface area contributed by atoms with Crippen LogP contribution < -0.4 is 11.0 Å². The second-order valence-electron chi connectivity index (χ2n) is 6.21. The number of nitrogens with zero attached hydrogens (tertiary/aromatic N) is 2. The number of fused-ring (bicyclic) bond motifs is 1. The normalized spacial score (nSPS) is 10.7. The highest BCUT2D eigenvalue weighted by atomic mass is 16.2. The van der Waals surface area contributed by atoms with Gasteiger partial charge < -0.3 is 0 Å². The number of aromatic nitrogens is 2. The van der Waals surface area contributed by atoms with Crippen molar-refractivity contribution in [2.45, 2.75) is 6.92 Å². The smallest absolute Gasteiger partial charge is 0.267 e. The first kappa shape index (κ1) is 16.7. The highest BCUT2D eigenvalue weighted by Gasteiger charge is 2.16. The summed E-state index contributed by atoms with van der Waals surface area (Å²) in [6.45, 7) is 1.86. The van der Waals surface area contributed by atoms with E-state index in [2.05, 4.69) is 10.4 Å². The fraction of sp³-hybridized carbons (Fsp3) is 0.0455. The molecule has 4 rings (SSSR count). The average Bonchev–Trinajstić information content (AvgIpc) is 2.71. The molecule has 0 aliphatic rings. The number of benzene rings is 3. The van der Waals surface area contributed by atoms with E-state index in [1.54, 1.807) is 30.3 Å². The maximum absolute atomic E-state index is 13.1. The van der Waals surface area contributed by atoms with Crippen LogP contribution in [0.5, 0.6) is 0 Å². The molecule has 0 saturated carbocycles. The van der Waals surface area contributed by atoms with E-state index in [1.807, 2.05) is 55.5 Å². The summed E-state index contributed by atoms with van der Waals surface area (Å²) in [6, 6.07) is 23.7. The number of hydrogen-bond donors (Lipinski definition) is 1. The molecule has 4 aromatic rings. The van der Waals surface area contributed by atoms with Crippen molar-refractivity contribution < 1.29 is 4.79 Å². The van der Waals surface area contributed by atoms with Gasteiger partial charge in [0.15, 0.2) is 5.82 Å². The summed E-state index contributed by atoms with van der Waals surface area (Å²) in [7, 11) is 0. The van der Waals surface area contributed by atoms with Crippen LogP contribution >= 0.6 is 0 Å². The summed E-state index contributed by atoms with van der Waals surface area (Å²) < 4.78 is 1.23. The van der Waals surface area contributed by atoms with E-state index in [0.717, 1.165) is 11.1 Å². The van der Waals surface area contributed by atoms with E-state index >= 15 is 0 Å². The third-order valence-corrected chi connectivity index (χ3v) is 4.41. The van der Waals surface area contributed by atoms with Gasteiger partial charge in [0, 0.05) is 11.1 Å². The Morgan fingerprint density at radius 1 is 0.889 bits per heavy atom. The molecule has 0 atom stereocenters. The minimum Gasteiger partial charge on any atom is -0.267 e. The number of aryl methyl sites for hydroxylation is 1. The van der Waals surface area contributed by atoms with E-state index in [1.165, 1.54) is 4.68 Å². The highest BCUT2D eigenvalue weighted by molar-refractivity contribution is 6.01. The van der Waals surface area contributed by atoms with Gasteiger partial charge in [-0.15, -0.1) is 0 Å². The van der Waals surface area contributed by atoms with Crippen LogP contribution in [0.3, 0.4) is 0 Å². The van der Waals surface area contributed by atoms with Crippen molar-refractivity contribution in [2.75, 3.05) is 5.43 Å². The van der Waals surface area contributed by atoms with Gasteiger partial charge in [0.25, 0.3) is 11.5 Å². The lowest BCUT2D eigenvalue weighted by molar-refractivity contribution is 0.101. The maximum atomic E-state index is 13.1. The molecule has 5 heteroatoms. The predicted molar refractivity (Wildman–Crippen MR) is 106 cm³/mol. The molecule has 0 fully saturated rings. The van der Waals surface area contributed by atoms with Gasteiger partial charge in [0.1, 0.15) is 0 Å². The zero-order chi connectivity index (χ0) is 18.8. The van der Waals surface area contributed by atoms with Crippen molar-refractivity contribution >= 4 is 16.8 Å². The van der Waals surface area contributed by atoms with Gasteiger partial charge in [-0.1, -0.05) is 60.7 Å². The first-order valence-corrected chi connectivity index (χ1v) is 8.59. The Kier molecular flexibility index (Phi) is 4.26. The Labute approximate surface area is 155 Å². The van der Waals surface area contributed by atoms with Crippen molar-refractivity contribution in [2.24, 2.45) is 0 Å². The van der Waals surface area contributed by atoms with Crippen molar-refractivity contribution in [3.8, 4) is 11.4 Å². The van der Waals surface area contributed by atoms with Crippen LogP contribution in [0.15, 0.2) is 83.7 Å². The SMILES string of the molecule is Cc1ccccc1C(=O)Nn1c(-c2ccccc2)nc2ccccc2c1=O. The molecule has 0 aliphatic heterocycles. The van der Waals surface area contributed by atoms with E-state index in [0.29, 0.717) is 22.3 Å². The molecule has 0 bridgehead atoms. The molecule has 0 spiro atoms. The number of carbonyl (C=O) groups is 1.